The number of ether oxygens (including phenoxy) is 1. The third kappa shape index (κ3) is 3.89. The minimum absolute atomic E-state index is 0.668. The van der Waals surface area contributed by atoms with Gasteiger partial charge >= 0.3 is 0 Å². The first kappa shape index (κ1) is 12.6. The fourth-order valence-electron chi connectivity index (χ4n) is 1.80. The molecule has 18 heavy (non-hydrogen) atoms. The van der Waals surface area contributed by atoms with Crippen molar-refractivity contribution < 1.29 is 4.74 Å². The Hall–Kier alpha value is -1.81. The van der Waals surface area contributed by atoms with Crippen molar-refractivity contribution in [3.63, 3.8) is 0 Å². The number of rotatable bonds is 7. The first-order valence-corrected chi connectivity index (χ1v) is 6.16. The third-order valence-electron chi connectivity index (χ3n) is 2.75. The van der Waals surface area contributed by atoms with Crippen molar-refractivity contribution in [2.24, 2.45) is 0 Å². The molecule has 96 valence electrons. The van der Waals surface area contributed by atoms with Crippen LogP contribution in [0.1, 0.15) is 12.0 Å². The highest BCUT2D eigenvalue weighted by atomic mass is 16.5. The van der Waals surface area contributed by atoms with E-state index in [2.05, 4.69) is 39.1 Å². The molecule has 4 nitrogen and oxygen atoms in total. The van der Waals surface area contributed by atoms with Crippen molar-refractivity contribution in [2.75, 3.05) is 19.0 Å². The Labute approximate surface area is 108 Å². The molecule has 1 aromatic heterocycles. The molecule has 0 radical (unpaired) electrons. The van der Waals surface area contributed by atoms with E-state index in [1.165, 1.54) is 5.56 Å². The fraction of sp³-hybridized carbons (Fsp3) is 0.357. The Bertz CT molecular complexity index is 437. The van der Waals surface area contributed by atoms with Crippen LogP contribution in [0.2, 0.25) is 0 Å². The summed E-state index contributed by atoms with van der Waals surface area (Å²) in [6.07, 6.45) is 6.72. The van der Waals surface area contributed by atoms with Crippen LogP contribution in [0.4, 0.5) is 5.69 Å². The topological polar surface area (TPSA) is 39.1 Å². The summed E-state index contributed by atoms with van der Waals surface area (Å²) in [5.74, 6) is 0. The van der Waals surface area contributed by atoms with Gasteiger partial charge < -0.3 is 14.6 Å². The zero-order valence-corrected chi connectivity index (χ0v) is 10.7. The molecule has 0 fully saturated rings. The first-order chi connectivity index (χ1) is 8.88. The van der Waals surface area contributed by atoms with Gasteiger partial charge in [0.05, 0.1) is 12.9 Å². The van der Waals surface area contributed by atoms with Crippen molar-refractivity contribution in [3.8, 4) is 0 Å². The van der Waals surface area contributed by atoms with E-state index in [9.17, 15) is 0 Å². The highest BCUT2D eigenvalue weighted by Gasteiger charge is 1.94. The van der Waals surface area contributed by atoms with E-state index >= 15 is 0 Å². The molecule has 1 N–H and O–H groups in total. The van der Waals surface area contributed by atoms with Crippen LogP contribution in [0, 0.1) is 0 Å². The average Bonchev–Trinajstić information content (AvgIpc) is 2.90. The smallest absolute Gasteiger partial charge is 0.0945 e. The van der Waals surface area contributed by atoms with Gasteiger partial charge in [-0.3, -0.25) is 0 Å². The van der Waals surface area contributed by atoms with Gasteiger partial charge in [0.15, 0.2) is 0 Å². The molecule has 4 heteroatoms. The first-order valence-electron chi connectivity index (χ1n) is 6.16. The van der Waals surface area contributed by atoms with Gasteiger partial charge in [-0.05, 0) is 24.1 Å². The summed E-state index contributed by atoms with van der Waals surface area (Å²) in [6.45, 7) is 2.62. The Morgan fingerprint density at radius 1 is 1.28 bits per heavy atom. The number of imidazole rings is 1. The van der Waals surface area contributed by atoms with Gasteiger partial charge in [0.1, 0.15) is 0 Å². The summed E-state index contributed by atoms with van der Waals surface area (Å²) in [4.78, 5) is 4.02. The van der Waals surface area contributed by atoms with Crippen molar-refractivity contribution in [1.82, 2.24) is 9.55 Å². The molecular formula is C14H19N3O. The van der Waals surface area contributed by atoms with Crippen molar-refractivity contribution >= 4 is 5.69 Å². The molecular weight excluding hydrogens is 226 g/mol. The highest BCUT2D eigenvalue weighted by Crippen LogP contribution is 2.10. The normalized spacial score (nSPS) is 10.5. The maximum absolute atomic E-state index is 5.08. The summed E-state index contributed by atoms with van der Waals surface area (Å²) in [7, 11) is 1.71. The van der Waals surface area contributed by atoms with Crippen molar-refractivity contribution in [3.05, 3.63) is 48.5 Å². The van der Waals surface area contributed by atoms with Crippen LogP contribution in [0.5, 0.6) is 0 Å². The Balaban J connectivity index is 1.69. The highest BCUT2D eigenvalue weighted by molar-refractivity contribution is 5.44. The molecule has 0 aliphatic heterocycles. The van der Waals surface area contributed by atoms with Crippen molar-refractivity contribution in [1.29, 1.82) is 0 Å². The second-order valence-electron chi connectivity index (χ2n) is 4.21. The Morgan fingerprint density at radius 3 is 2.78 bits per heavy atom. The molecule has 0 aliphatic carbocycles. The van der Waals surface area contributed by atoms with E-state index in [0.717, 1.165) is 25.2 Å². The van der Waals surface area contributed by atoms with Crippen LogP contribution in [0.25, 0.3) is 0 Å². The van der Waals surface area contributed by atoms with Gasteiger partial charge in [-0.1, -0.05) is 12.1 Å². The molecule has 0 atom stereocenters. The Kier molecular flexibility index (Phi) is 4.78. The lowest BCUT2D eigenvalue weighted by Crippen LogP contribution is -2.05. The number of aryl methyl sites for hydroxylation is 1. The van der Waals surface area contributed by atoms with Crippen LogP contribution in [0.15, 0.2) is 43.0 Å². The second-order valence-corrected chi connectivity index (χ2v) is 4.21. The SMILES string of the molecule is COCc1ccc(NCCCn2ccnc2)cc1. The molecule has 0 bridgehead atoms. The van der Waals surface area contributed by atoms with E-state index in [-0.39, 0.29) is 0 Å². The summed E-state index contributed by atoms with van der Waals surface area (Å²) in [6, 6.07) is 8.35. The predicted molar refractivity (Wildman–Crippen MR) is 72.5 cm³/mol. The van der Waals surface area contributed by atoms with Gasteiger partial charge in [-0.2, -0.15) is 0 Å². The summed E-state index contributed by atoms with van der Waals surface area (Å²) >= 11 is 0. The molecule has 0 amide bonds. The number of benzene rings is 1. The lowest BCUT2D eigenvalue weighted by Gasteiger charge is -2.07. The molecule has 0 unspecified atom stereocenters. The number of hydrogen-bond donors (Lipinski definition) is 1. The molecule has 0 saturated carbocycles. The number of nitrogens with one attached hydrogen (secondary N) is 1. The van der Waals surface area contributed by atoms with Gasteiger partial charge in [-0.15, -0.1) is 0 Å². The van der Waals surface area contributed by atoms with Gasteiger partial charge in [-0.25, -0.2) is 4.98 Å². The number of anilines is 1. The minimum Gasteiger partial charge on any atom is -0.385 e. The van der Waals surface area contributed by atoms with E-state index in [0.29, 0.717) is 6.61 Å². The summed E-state index contributed by atoms with van der Waals surface area (Å²) in [5, 5.41) is 3.40. The van der Waals surface area contributed by atoms with Crippen LogP contribution < -0.4 is 5.32 Å². The number of aromatic nitrogens is 2. The lowest BCUT2D eigenvalue weighted by molar-refractivity contribution is 0.185. The largest absolute Gasteiger partial charge is 0.385 e. The van der Waals surface area contributed by atoms with Crippen molar-refractivity contribution in [2.45, 2.75) is 19.6 Å². The lowest BCUT2D eigenvalue weighted by atomic mass is 10.2. The molecule has 0 saturated heterocycles. The zero-order chi connectivity index (χ0) is 12.6. The van der Waals surface area contributed by atoms with Crippen LogP contribution in [0.3, 0.4) is 0 Å². The summed E-state index contributed by atoms with van der Waals surface area (Å²) < 4.78 is 7.17. The maximum Gasteiger partial charge on any atom is 0.0945 e. The molecule has 0 spiro atoms. The number of hydrogen-bond acceptors (Lipinski definition) is 3. The maximum atomic E-state index is 5.08. The minimum atomic E-state index is 0.668. The zero-order valence-electron chi connectivity index (χ0n) is 10.7. The predicted octanol–water partition coefficient (Wildman–Crippen LogP) is 2.53. The van der Waals surface area contributed by atoms with E-state index in [1.807, 2.05) is 18.7 Å². The molecule has 0 aliphatic rings. The third-order valence-corrected chi connectivity index (χ3v) is 2.75. The second kappa shape index (κ2) is 6.81. The van der Waals surface area contributed by atoms with Crippen LogP contribution >= 0.6 is 0 Å². The van der Waals surface area contributed by atoms with Gasteiger partial charge in [0.2, 0.25) is 0 Å². The quantitative estimate of drug-likeness (QED) is 0.762. The van der Waals surface area contributed by atoms with Gasteiger partial charge in [0, 0.05) is 38.3 Å². The molecule has 1 heterocycles. The molecule has 2 aromatic rings. The van der Waals surface area contributed by atoms with E-state index in [1.54, 1.807) is 7.11 Å². The fourth-order valence-corrected chi connectivity index (χ4v) is 1.80. The van der Waals surface area contributed by atoms with E-state index < -0.39 is 0 Å². The van der Waals surface area contributed by atoms with Crippen LogP contribution in [-0.4, -0.2) is 23.2 Å². The van der Waals surface area contributed by atoms with E-state index in [4.69, 9.17) is 4.74 Å². The van der Waals surface area contributed by atoms with Crippen LogP contribution in [-0.2, 0) is 17.9 Å². The van der Waals surface area contributed by atoms with Gasteiger partial charge in [0.25, 0.3) is 0 Å². The molecule has 2 rings (SSSR count). The Morgan fingerprint density at radius 2 is 2.11 bits per heavy atom. The average molecular weight is 245 g/mol. The summed E-state index contributed by atoms with van der Waals surface area (Å²) in [5.41, 5.74) is 2.35. The molecule has 1 aromatic carbocycles. The number of nitrogens with zero attached hydrogens (tertiary/aromatic N) is 2. The number of methoxy groups -OCH3 is 1. The monoisotopic (exact) mass is 245 g/mol. The standard InChI is InChI=1S/C14H19N3O/c1-18-11-13-3-5-14(6-4-13)16-7-2-9-17-10-8-15-12-17/h3-6,8,10,12,16H,2,7,9,11H2,1H3.